The fourth-order valence-corrected chi connectivity index (χ4v) is 3.52. The molecule has 150 valence electrons. The minimum Gasteiger partial charge on any atom is -0.493 e. The smallest absolute Gasteiger partial charge is 0.340 e. The number of benzene rings is 1. The zero-order valence-corrected chi connectivity index (χ0v) is 17.3. The van der Waals surface area contributed by atoms with Crippen LogP contribution in [-0.4, -0.2) is 42.7 Å². The number of halogens is 2. The quantitative estimate of drug-likeness (QED) is 0.463. The number of rotatable bonds is 7. The number of esters is 1. The number of nitrogens with zero attached hydrogens (tertiary/aromatic N) is 3. The van der Waals surface area contributed by atoms with Gasteiger partial charge in [0.1, 0.15) is 11.6 Å². The second-order valence-electron chi connectivity index (χ2n) is 6.76. The predicted octanol–water partition coefficient (Wildman–Crippen LogP) is 4.24. The molecule has 1 saturated heterocycles. The van der Waals surface area contributed by atoms with Crippen LogP contribution in [-0.2, 0) is 4.74 Å². The summed E-state index contributed by atoms with van der Waals surface area (Å²) in [7, 11) is 1.22. The van der Waals surface area contributed by atoms with Gasteiger partial charge in [0.2, 0.25) is 5.95 Å². The van der Waals surface area contributed by atoms with Crippen molar-refractivity contribution in [3.8, 4) is 5.75 Å². The standard InChI is InChI=1S/C20H23BrFN3O3/c1-27-19(26)17-5-4-16(11-18(17)22)28-10-2-3-14-6-8-25(9-7-14)20-23-12-15(21)13-24-20/h4-5,11-14H,2-3,6-10H2,1H3. The molecule has 0 N–H and O–H groups in total. The van der Waals surface area contributed by atoms with Crippen LogP contribution in [0.15, 0.2) is 35.1 Å². The fourth-order valence-electron chi connectivity index (χ4n) is 3.31. The van der Waals surface area contributed by atoms with Gasteiger partial charge < -0.3 is 14.4 Å². The van der Waals surface area contributed by atoms with Gasteiger partial charge >= 0.3 is 5.97 Å². The first kappa shape index (κ1) is 20.5. The second-order valence-corrected chi connectivity index (χ2v) is 7.67. The molecule has 1 aromatic heterocycles. The third-order valence-electron chi connectivity index (χ3n) is 4.88. The van der Waals surface area contributed by atoms with E-state index in [0.717, 1.165) is 49.2 Å². The maximum Gasteiger partial charge on any atom is 0.340 e. The van der Waals surface area contributed by atoms with E-state index in [1.165, 1.54) is 19.2 Å². The third kappa shape index (κ3) is 5.41. The van der Waals surface area contributed by atoms with Crippen LogP contribution >= 0.6 is 15.9 Å². The highest BCUT2D eigenvalue weighted by Gasteiger charge is 2.20. The summed E-state index contributed by atoms with van der Waals surface area (Å²) in [4.78, 5) is 22.3. The van der Waals surface area contributed by atoms with Gasteiger partial charge in [-0.2, -0.15) is 0 Å². The highest BCUT2D eigenvalue weighted by atomic mass is 79.9. The van der Waals surface area contributed by atoms with Crippen molar-refractivity contribution in [1.82, 2.24) is 9.97 Å². The molecule has 0 atom stereocenters. The van der Waals surface area contributed by atoms with Gasteiger partial charge in [-0.05, 0) is 59.7 Å². The summed E-state index contributed by atoms with van der Waals surface area (Å²) in [5.74, 6) is 0.527. The number of anilines is 1. The third-order valence-corrected chi connectivity index (χ3v) is 5.28. The van der Waals surface area contributed by atoms with Crippen LogP contribution in [0.2, 0.25) is 0 Å². The molecule has 6 nitrogen and oxygen atoms in total. The summed E-state index contributed by atoms with van der Waals surface area (Å²) in [6.07, 6.45) is 7.71. The van der Waals surface area contributed by atoms with Crippen LogP contribution in [0.5, 0.6) is 5.75 Å². The average Bonchev–Trinajstić information content (AvgIpc) is 2.72. The Labute approximate surface area is 172 Å². The van der Waals surface area contributed by atoms with Crippen LogP contribution in [0.3, 0.4) is 0 Å². The Morgan fingerprint density at radius 3 is 2.64 bits per heavy atom. The monoisotopic (exact) mass is 451 g/mol. The Hall–Kier alpha value is -2.22. The maximum absolute atomic E-state index is 13.9. The molecule has 0 spiro atoms. The number of carbonyl (C=O) groups is 1. The Kier molecular flexibility index (Phi) is 7.19. The largest absolute Gasteiger partial charge is 0.493 e. The topological polar surface area (TPSA) is 64.6 Å². The van der Waals surface area contributed by atoms with Crippen molar-refractivity contribution < 1.29 is 18.7 Å². The van der Waals surface area contributed by atoms with Gasteiger partial charge in [-0.25, -0.2) is 19.2 Å². The summed E-state index contributed by atoms with van der Waals surface area (Å²) in [5.41, 5.74) is -0.0867. The van der Waals surface area contributed by atoms with E-state index in [4.69, 9.17) is 4.74 Å². The Bertz CT molecular complexity index is 796. The van der Waals surface area contributed by atoms with E-state index >= 15 is 0 Å². The fraction of sp³-hybridized carbons (Fsp3) is 0.450. The Balaban J connectivity index is 1.38. The zero-order valence-electron chi connectivity index (χ0n) is 15.7. The lowest BCUT2D eigenvalue weighted by Gasteiger charge is -2.32. The number of carbonyl (C=O) groups excluding carboxylic acids is 1. The minimum atomic E-state index is -0.691. The van der Waals surface area contributed by atoms with E-state index in [2.05, 4.69) is 35.5 Å². The molecule has 0 unspecified atom stereocenters. The number of piperidine rings is 1. The van der Waals surface area contributed by atoms with Crippen molar-refractivity contribution in [3.05, 3.63) is 46.4 Å². The maximum atomic E-state index is 13.9. The van der Waals surface area contributed by atoms with Gasteiger partial charge in [0, 0.05) is 31.5 Å². The summed E-state index contributed by atoms with van der Waals surface area (Å²) < 4.78 is 24.9. The number of hydrogen-bond donors (Lipinski definition) is 0. The molecule has 1 aromatic carbocycles. The first-order valence-electron chi connectivity index (χ1n) is 9.30. The molecular weight excluding hydrogens is 429 g/mol. The normalized spacial score (nSPS) is 14.8. The summed E-state index contributed by atoms with van der Waals surface area (Å²) in [6, 6.07) is 4.20. The molecule has 1 aliphatic heterocycles. The number of hydrogen-bond acceptors (Lipinski definition) is 6. The van der Waals surface area contributed by atoms with Crippen LogP contribution in [0, 0.1) is 11.7 Å². The molecule has 0 radical (unpaired) electrons. The van der Waals surface area contributed by atoms with Gasteiger partial charge in [0.25, 0.3) is 0 Å². The zero-order chi connectivity index (χ0) is 19.9. The number of ether oxygens (including phenoxy) is 2. The van der Waals surface area contributed by atoms with E-state index in [-0.39, 0.29) is 5.56 Å². The predicted molar refractivity (Wildman–Crippen MR) is 107 cm³/mol. The van der Waals surface area contributed by atoms with Gasteiger partial charge in [-0.1, -0.05) is 0 Å². The first-order valence-corrected chi connectivity index (χ1v) is 10.1. The van der Waals surface area contributed by atoms with E-state index in [1.807, 2.05) is 0 Å². The van der Waals surface area contributed by atoms with Gasteiger partial charge in [0.15, 0.2) is 0 Å². The lowest BCUT2D eigenvalue weighted by atomic mass is 9.92. The Morgan fingerprint density at radius 1 is 1.29 bits per heavy atom. The van der Waals surface area contributed by atoms with Crippen molar-refractivity contribution in [2.75, 3.05) is 31.7 Å². The molecule has 2 aromatic rings. The van der Waals surface area contributed by atoms with Crippen molar-refractivity contribution >= 4 is 27.8 Å². The SMILES string of the molecule is COC(=O)c1ccc(OCCCC2CCN(c3ncc(Br)cn3)CC2)cc1F. The molecule has 0 bridgehead atoms. The van der Waals surface area contributed by atoms with Gasteiger partial charge in [0.05, 0.1) is 23.8 Å². The van der Waals surface area contributed by atoms with E-state index < -0.39 is 11.8 Å². The molecule has 1 fully saturated rings. The molecule has 28 heavy (non-hydrogen) atoms. The Morgan fingerprint density at radius 2 is 2.00 bits per heavy atom. The number of aromatic nitrogens is 2. The highest BCUT2D eigenvalue weighted by Crippen LogP contribution is 2.25. The molecule has 3 rings (SSSR count). The molecule has 0 saturated carbocycles. The molecule has 0 aliphatic carbocycles. The molecular formula is C20H23BrFN3O3. The molecule has 2 heterocycles. The average molecular weight is 452 g/mol. The van der Waals surface area contributed by atoms with Gasteiger partial charge in [-0.3, -0.25) is 0 Å². The van der Waals surface area contributed by atoms with Crippen LogP contribution in [0.1, 0.15) is 36.0 Å². The van der Waals surface area contributed by atoms with Crippen molar-refractivity contribution in [1.29, 1.82) is 0 Å². The number of methoxy groups -OCH3 is 1. The van der Waals surface area contributed by atoms with E-state index in [0.29, 0.717) is 18.3 Å². The minimum absolute atomic E-state index is 0.0867. The molecule has 8 heteroatoms. The van der Waals surface area contributed by atoms with Gasteiger partial charge in [-0.15, -0.1) is 0 Å². The van der Waals surface area contributed by atoms with E-state index in [1.54, 1.807) is 18.5 Å². The summed E-state index contributed by atoms with van der Waals surface area (Å²) in [6.45, 7) is 2.42. The van der Waals surface area contributed by atoms with Crippen molar-refractivity contribution in [2.24, 2.45) is 5.92 Å². The second kappa shape index (κ2) is 9.82. The van der Waals surface area contributed by atoms with Crippen molar-refractivity contribution in [3.63, 3.8) is 0 Å². The van der Waals surface area contributed by atoms with E-state index in [9.17, 15) is 9.18 Å². The first-order chi connectivity index (χ1) is 13.6. The van der Waals surface area contributed by atoms with Crippen molar-refractivity contribution in [2.45, 2.75) is 25.7 Å². The van der Waals surface area contributed by atoms with Crippen LogP contribution in [0.4, 0.5) is 10.3 Å². The molecule has 0 amide bonds. The summed E-state index contributed by atoms with van der Waals surface area (Å²) >= 11 is 3.35. The lowest BCUT2D eigenvalue weighted by molar-refractivity contribution is 0.0595. The molecule has 1 aliphatic rings. The highest BCUT2D eigenvalue weighted by molar-refractivity contribution is 9.10. The summed E-state index contributed by atoms with van der Waals surface area (Å²) in [5, 5.41) is 0. The van der Waals surface area contributed by atoms with Crippen LogP contribution in [0.25, 0.3) is 0 Å². The van der Waals surface area contributed by atoms with Crippen LogP contribution < -0.4 is 9.64 Å². The lowest BCUT2D eigenvalue weighted by Crippen LogP contribution is -2.34.